The fourth-order valence-corrected chi connectivity index (χ4v) is 4.19. The zero-order valence-electron chi connectivity index (χ0n) is 15.9. The highest BCUT2D eigenvalue weighted by molar-refractivity contribution is 5.80. The van der Waals surface area contributed by atoms with E-state index >= 15 is 0 Å². The van der Waals surface area contributed by atoms with Crippen LogP contribution in [0.3, 0.4) is 0 Å². The molecule has 0 aromatic rings. The van der Waals surface area contributed by atoms with Gasteiger partial charge in [0.05, 0.1) is 6.10 Å². The number of guanidine groups is 1. The third kappa shape index (κ3) is 6.98. The van der Waals surface area contributed by atoms with Crippen molar-refractivity contribution in [2.75, 3.05) is 32.7 Å². The number of hydrogen-bond acceptors (Lipinski definition) is 3. The number of likely N-dealkylation sites (tertiary alicyclic amines) is 1. The average Bonchev–Trinajstić information content (AvgIpc) is 2.53. The van der Waals surface area contributed by atoms with E-state index < -0.39 is 0 Å². The van der Waals surface area contributed by atoms with Gasteiger partial charge in [-0.05, 0) is 63.8 Å². The van der Waals surface area contributed by atoms with Gasteiger partial charge in [0.15, 0.2) is 5.96 Å². The molecule has 0 spiro atoms. The molecule has 5 heteroatoms. The summed E-state index contributed by atoms with van der Waals surface area (Å²) in [5.74, 6) is 2.61. The molecule has 2 unspecified atom stereocenters. The van der Waals surface area contributed by atoms with Crippen molar-refractivity contribution in [1.82, 2.24) is 15.5 Å². The molecule has 1 saturated carbocycles. The Morgan fingerprint density at radius 1 is 1.12 bits per heavy atom. The highest BCUT2D eigenvalue weighted by atomic mass is 16.3. The molecule has 1 aliphatic carbocycles. The van der Waals surface area contributed by atoms with Crippen LogP contribution in [-0.2, 0) is 0 Å². The van der Waals surface area contributed by atoms with Gasteiger partial charge in [0.1, 0.15) is 0 Å². The van der Waals surface area contributed by atoms with Crippen LogP contribution in [0.25, 0.3) is 0 Å². The molecule has 1 aliphatic heterocycles. The molecule has 3 N–H and O–H groups in total. The van der Waals surface area contributed by atoms with E-state index in [-0.39, 0.29) is 6.10 Å². The van der Waals surface area contributed by atoms with Gasteiger partial charge in [0.25, 0.3) is 0 Å². The van der Waals surface area contributed by atoms with Gasteiger partial charge in [-0.3, -0.25) is 4.99 Å². The van der Waals surface area contributed by atoms with Gasteiger partial charge in [-0.25, -0.2) is 0 Å². The van der Waals surface area contributed by atoms with Crippen molar-refractivity contribution in [3.05, 3.63) is 0 Å². The van der Waals surface area contributed by atoms with Gasteiger partial charge in [-0.1, -0.05) is 13.8 Å². The second-order valence-corrected chi connectivity index (χ2v) is 7.97. The number of aliphatic hydroxyl groups excluding tert-OH is 1. The summed E-state index contributed by atoms with van der Waals surface area (Å²) in [4.78, 5) is 7.36. The molecular formula is C19H38N4O. The number of nitrogens with one attached hydrogen (secondary N) is 2. The minimum absolute atomic E-state index is 0.100. The van der Waals surface area contributed by atoms with E-state index in [0.29, 0.717) is 6.04 Å². The third-order valence-corrected chi connectivity index (χ3v) is 5.23. The summed E-state index contributed by atoms with van der Waals surface area (Å²) in [6, 6.07) is 0.454. The number of aliphatic imine (C=N–C) groups is 1. The van der Waals surface area contributed by atoms with Crippen LogP contribution in [0, 0.1) is 11.8 Å². The standard InChI is InChI=1S/C19H38N4O/c1-4-20-19(22-17-6-8-18(24)9-7-17)21-10-5-11-23-13-15(2)12-16(3)14-23/h15-18,24H,4-14H2,1-3H3,(H2,20,21,22). The SMILES string of the molecule is CCNC(=NCCCN1CC(C)CC(C)C1)NC1CCC(O)CC1. The van der Waals surface area contributed by atoms with E-state index in [1.165, 1.54) is 19.5 Å². The summed E-state index contributed by atoms with van der Waals surface area (Å²) in [7, 11) is 0. The predicted octanol–water partition coefficient (Wildman–Crippen LogP) is 2.21. The van der Waals surface area contributed by atoms with E-state index in [2.05, 4.69) is 36.3 Å². The molecule has 0 aromatic heterocycles. The molecule has 140 valence electrons. The average molecular weight is 339 g/mol. The molecule has 24 heavy (non-hydrogen) atoms. The second-order valence-electron chi connectivity index (χ2n) is 7.97. The zero-order chi connectivity index (χ0) is 17.4. The Hall–Kier alpha value is -0.810. The maximum Gasteiger partial charge on any atom is 0.191 e. The summed E-state index contributed by atoms with van der Waals surface area (Å²) in [5.41, 5.74) is 0. The summed E-state index contributed by atoms with van der Waals surface area (Å²) in [6.45, 7) is 12.3. The van der Waals surface area contributed by atoms with Gasteiger partial charge in [-0.2, -0.15) is 0 Å². The number of aliphatic hydroxyl groups is 1. The molecule has 2 atom stereocenters. The van der Waals surface area contributed by atoms with Crippen molar-refractivity contribution in [2.45, 2.75) is 71.4 Å². The first-order valence-electron chi connectivity index (χ1n) is 10.0. The smallest absolute Gasteiger partial charge is 0.191 e. The van der Waals surface area contributed by atoms with E-state index in [1.807, 2.05) is 0 Å². The number of piperidine rings is 1. The van der Waals surface area contributed by atoms with Crippen LogP contribution in [0.4, 0.5) is 0 Å². The Balaban J connectivity index is 1.70. The Bertz CT molecular complexity index is 370. The van der Waals surface area contributed by atoms with Crippen molar-refractivity contribution in [3.8, 4) is 0 Å². The molecule has 0 radical (unpaired) electrons. The van der Waals surface area contributed by atoms with E-state index in [9.17, 15) is 5.11 Å². The lowest BCUT2D eigenvalue weighted by Crippen LogP contribution is -2.45. The lowest BCUT2D eigenvalue weighted by molar-refractivity contribution is 0.120. The molecule has 2 aliphatic rings. The minimum atomic E-state index is -0.100. The fraction of sp³-hybridized carbons (Fsp3) is 0.947. The molecule has 0 aromatic carbocycles. The van der Waals surface area contributed by atoms with Gasteiger partial charge in [0, 0.05) is 32.2 Å². The molecular weight excluding hydrogens is 300 g/mol. The highest BCUT2D eigenvalue weighted by Gasteiger charge is 2.21. The normalized spacial score (nSPS) is 32.6. The van der Waals surface area contributed by atoms with Crippen LogP contribution >= 0.6 is 0 Å². The number of hydrogen-bond donors (Lipinski definition) is 3. The van der Waals surface area contributed by atoms with Crippen LogP contribution in [-0.4, -0.2) is 60.8 Å². The van der Waals surface area contributed by atoms with Crippen molar-refractivity contribution >= 4 is 5.96 Å². The van der Waals surface area contributed by atoms with Crippen LogP contribution in [0.2, 0.25) is 0 Å². The zero-order valence-corrected chi connectivity index (χ0v) is 15.9. The predicted molar refractivity (Wildman–Crippen MR) is 101 cm³/mol. The van der Waals surface area contributed by atoms with Crippen LogP contribution in [0.5, 0.6) is 0 Å². The third-order valence-electron chi connectivity index (χ3n) is 5.23. The van der Waals surface area contributed by atoms with Gasteiger partial charge < -0.3 is 20.6 Å². The molecule has 5 nitrogen and oxygen atoms in total. The van der Waals surface area contributed by atoms with Crippen molar-refractivity contribution in [2.24, 2.45) is 16.8 Å². The van der Waals surface area contributed by atoms with Crippen molar-refractivity contribution in [1.29, 1.82) is 0 Å². The van der Waals surface area contributed by atoms with E-state index in [1.54, 1.807) is 0 Å². The highest BCUT2D eigenvalue weighted by Crippen LogP contribution is 2.21. The van der Waals surface area contributed by atoms with Gasteiger partial charge >= 0.3 is 0 Å². The molecule has 1 saturated heterocycles. The Labute approximate surface area is 148 Å². The maximum atomic E-state index is 9.62. The number of rotatable bonds is 6. The van der Waals surface area contributed by atoms with Crippen LogP contribution in [0.15, 0.2) is 4.99 Å². The first-order chi connectivity index (χ1) is 11.6. The fourth-order valence-electron chi connectivity index (χ4n) is 4.19. The maximum absolute atomic E-state index is 9.62. The Morgan fingerprint density at radius 3 is 2.42 bits per heavy atom. The quantitative estimate of drug-likeness (QED) is 0.395. The minimum Gasteiger partial charge on any atom is -0.393 e. The Morgan fingerprint density at radius 2 is 1.79 bits per heavy atom. The first kappa shape index (κ1) is 19.5. The van der Waals surface area contributed by atoms with E-state index in [0.717, 1.165) is 69.5 Å². The summed E-state index contributed by atoms with van der Waals surface area (Å²) in [5, 5.41) is 16.5. The molecule has 0 bridgehead atoms. The monoisotopic (exact) mass is 338 g/mol. The summed E-state index contributed by atoms with van der Waals surface area (Å²) < 4.78 is 0. The van der Waals surface area contributed by atoms with Crippen molar-refractivity contribution in [3.63, 3.8) is 0 Å². The van der Waals surface area contributed by atoms with Crippen molar-refractivity contribution < 1.29 is 5.11 Å². The van der Waals surface area contributed by atoms with Gasteiger partial charge in [0.2, 0.25) is 0 Å². The first-order valence-corrected chi connectivity index (χ1v) is 10.0. The molecule has 1 heterocycles. The lowest BCUT2D eigenvalue weighted by atomic mass is 9.92. The topological polar surface area (TPSA) is 59.9 Å². The number of nitrogens with zero attached hydrogens (tertiary/aromatic N) is 2. The molecule has 2 fully saturated rings. The second kappa shape index (κ2) is 10.2. The summed E-state index contributed by atoms with van der Waals surface area (Å²) >= 11 is 0. The molecule has 0 amide bonds. The molecule has 2 rings (SSSR count). The largest absolute Gasteiger partial charge is 0.393 e. The van der Waals surface area contributed by atoms with E-state index in [4.69, 9.17) is 4.99 Å². The lowest BCUT2D eigenvalue weighted by Gasteiger charge is -2.34. The van der Waals surface area contributed by atoms with Crippen LogP contribution in [0.1, 0.15) is 59.3 Å². The Kier molecular flexibility index (Phi) is 8.33. The summed E-state index contributed by atoms with van der Waals surface area (Å²) in [6.07, 6.45) is 6.28. The van der Waals surface area contributed by atoms with Crippen LogP contribution < -0.4 is 10.6 Å². The van der Waals surface area contributed by atoms with Gasteiger partial charge in [-0.15, -0.1) is 0 Å².